The number of halogens is 1. The quantitative estimate of drug-likeness (QED) is 0.629. The van der Waals surface area contributed by atoms with E-state index in [2.05, 4.69) is 0 Å². The van der Waals surface area contributed by atoms with Crippen LogP contribution in [0.3, 0.4) is 0 Å². The molecule has 0 atom stereocenters. The van der Waals surface area contributed by atoms with Crippen LogP contribution >= 0.6 is 11.6 Å². The van der Waals surface area contributed by atoms with Crippen LogP contribution in [0.15, 0.2) is 29.8 Å². The van der Waals surface area contributed by atoms with E-state index in [1.54, 1.807) is 18.2 Å². The van der Waals surface area contributed by atoms with Crippen molar-refractivity contribution in [2.45, 2.75) is 25.7 Å². The van der Waals surface area contributed by atoms with Crippen LogP contribution < -0.4 is 5.73 Å². The van der Waals surface area contributed by atoms with Gasteiger partial charge in [-0.3, -0.25) is 4.79 Å². The van der Waals surface area contributed by atoms with Gasteiger partial charge in [-0.25, -0.2) is 0 Å². The highest BCUT2D eigenvalue weighted by atomic mass is 35.5. The second kappa shape index (κ2) is 4.71. The van der Waals surface area contributed by atoms with E-state index in [9.17, 15) is 4.79 Å². The molecule has 0 bridgehead atoms. The maximum Gasteiger partial charge on any atom is 0.190 e. The number of nitrogen functional groups attached to an aromatic ring is 1. The van der Waals surface area contributed by atoms with Crippen molar-refractivity contribution in [2.24, 2.45) is 0 Å². The molecule has 3 heteroatoms. The Morgan fingerprint density at radius 1 is 1.31 bits per heavy atom. The van der Waals surface area contributed by atoms with E-state index in [-0.39, 0.29) is 5.78 Å². The van der Waals surface area contributed by atoms with E-state index >= 15 is 0 Å². The molecule has 1 aromatic carbocycles. The Hall–Kier alpha value is -1.28. The molecule has 2 rings (SSSR count). The van der Waals surface area contributed by atoms with Crippen molar-refractivity contribution >= 4 is 23.1 Å². The van der Waals surface area contributed by atoms with Gasteiger partial charge < -0.3 is 5.73 Å². The Morgan fingerprint density at radius 3 is 2.81 bits per heavy atom. The average Bonchev–Trinajstić information content (AvgIpc) is 2.32. The van der Waals surface area contributed by atoms with Gasteiger partial charge in [-0.2, -0.15) is 0 Å². The zero-order valence-electron chi connectivity index (χ0n) is 9.00. The molecule has 0 heterocycles. The first-order chi connectivity index (χ1) is 7.68. The number of allylic oxidation sites excluding steroid dienone is 2. The summed E-state index contributed by atoms with van der Waals surface area (Å²) in [5.41, 5.74) is 7.63. The molecule has 0 spiro atoms. The summed E-state index contributed by atoms with van der Waals surface area (Å²) in [7, 11) is 0. The van der Waals surface area contributed by atoms with Gasteiger partial charge in [0.15, 0.2) is 5.78 Å². The lowest BCUT2D eigenvalue weighted by molar-refractivity contribution is 0.102. The Bertz CT molecular complexity index is 451. The van der Waals surface area contributed by atoms with Crippen molar-refractivity contribution in [3.8, 4) is 0 Å². The van der Waals surface area contributed by atoms with E-state index in [1.165, 1.54) is 6.42 Å². The molecular formula is C13H14ClNO. The zero-order valence-corrected chi connectivity index (χ0v) is 9.76. The van der Waals surface area contributed by atoms with Gasteiger partial charge in [0, 0.05) is 11.3 Å². The molecule has 0 fully saturated rings. The summed E-state index contributed by atoms with van der Waals surface area (Å²) < 4.78 is 0. The highest BCUT2D eigenvalue weighted by molar-refractivity contribution is 6.35. The van der Waals surface area contributed by atoms with Crippen LogP contribution in [0, 0.1) is 0 Å². The fraction of sp³-hybridized carbons (Fsp3) is 0.308. The van der Waals surface area contributed by atoms with Crippen LogP contribution in [0.1, 0.15) is 36.0 Å². The minimum atomic E-state index is 0.0250. The number of ketones is 1. The Labute approximate surface area is 100 Å². The normalized spacial score (nSPS) is 15.7. The van der Waals surface area contributed by atoms with Crippen molar-refractivity contribution in [2.75, 3.05) is 5.73 Å². The van der Waals surface area contributed by atoms with Gasteiger partial charge >= 0.3 is 0 Å². The van der Waals surface area contributed by atoms with Crippen molar-refractivity contribution in [3.05, 3.63) is 40.4 Å². The molecule has 1 aromatic rings. The third-order valence-electron chi connectivity index (χ3n) is 2.82. The van der Waals surface area contributed by atoms with E-state index in [1.807, 2.05) is 6.08 Å². The largest absolute Gasteiger partial charge is 0.399 e. The molecule has 0 saturated heterocycles. The van der Waals surface area contributed by atoms with Gasteiger partial charge in [0.25, 0.3) is 0 Å². The second-order valence-electron chi connectivity index (χ2n) is 4.04. The van der Waals surface area contributed by atoms with Crippen molar-refractivity contribution in [3.63, 3.8) is 0 Å². The number of anilines is 1. The van der Waals surface area contributed by atoms with Gasteiger partial charge in [-0.15, -0.1) is 0 Å². The van der Waals surface area contributed by atoms with Gasteiger partial charge in [0.2, 0.25) is 0 Å². The van der Waals surface area contributed by atoms with Crippen molar-refractivity contribution in [1.82, 2.24) is 0 Å². The Kier molecular flexibility index (Phi) is 3.30. The Balaban J connectivity index is 2.33. The summed E-state index contributed by atoms with van der Waals surface area (Å²) in [6, 6.07) is 5.03. The Morgan fingerprint density at radius 2 is 2.12 bits per heavy atom. The number of benzene rings is 1. The van der Waals surface area contributed by atoms with E-state index in [0.717, 1.165) is 24.8 Å². The standard InChI is InChI=1S/C13H14ClNO/c14-12-7-6-10(15)8-11(12)13(16)9-4-2-1-3-5-9/h4,6-8H,1-3,5,15H2. The van der Waals surface area contributed by atoms with E-state index in [4.69, 9.17) is 17.3 Å². The first-order valence-corrected chi connectivity index (χ1v) is 5.85. The van der Waals surface area contributed by atoms with Crippen LogP contribution in [0.25, 0.3) is 0 Å². The first kappa shape index (κ1) is 11.2. The van der Waals surface area contributed by atoms with Gasteiger partial charge in [0.1, 0.15) is 0 Å². The summed E-state index contributed by atoms with van der Waals surface area (Å²) in [6.07, 6.45) is 6.11. The SMILES string of the molecule is Nc1ccc(Cl)c(C(=O)C2=CCCCC2)c1. The van der Waals surface area contributed by atoms with Crippen molar-refractivity contribution < 1.29 is 4.79 Å². The van der Waals surface area contributed by atoms with Crippen molar-refractivity contribution in [1.29, 1.82) is 0 Å². The molecule has 84 valence electrons. The lowest BCUT2D eigenvalue weighted by Gasteiger charge is -2.12. The number of carbonyl (C=O) groups excluding carboxylic acids is 1. The smallest absolute Gasteiger partial charge is 0.190 e. The maximum absolute atomic E-state index is 12.2. The number of Topliss-reactive ketones (excluding diaryl/α,β-unsaturated/α-hetero) is 1. The molecule has 0 aliphatic heterocycles. The van der Waals surface area contributed by atoms with Gasteiger partial charge in [-0.05, 0) is 49.5 Å². The highest BCUT2D eigenvalue weighted by Gasteiger charge is 2.17. The average molecular weight is 236 g/mol. The fourth-order valence-corrected chi connectivity index (χ4v) is 2.14. The summed E-state index contributed by atoms with van der Waals surface area (Å²) in [5.74, 6) is 0.0250. The van der Waals surface area contributed by atoms with E-state index in [0.29, 0.717) is 16.3 Å². The molecule has 1 aliphatic rings. The fourth-order valence-electron chi connectivity index (χ4n) is 1.93. The number of carbonyl (C=O) groups is 1. The molecule has 0 aromatic heterocycles. The molecule has 16 heavy (non-hydrogen) atoms. The number of nitrogens with two attached hydrogens (primary N) is 1. The molecule has 2 N–H and O–H groups in total. The van der Waals surface area contributed by atoms with Crippen LogP contribution in [0.2, 0.25) is 5.02 Å². The highest BCUT2D eigenvalue weighted by Crippen LogP contribution is 2.26. The predicted molar refractivity (Wildman–Crippen MR) is 66.7 cm³/mol. The first-order valence-electron chi connectivity index (χ1n) is 5.47. The van der Waals surface area contributed by atoms with E-state index < -0.39 is 0 Å². The molecule has 0 unspecified atom stereocenters. The third-order valence-corrected chi connectivity index (χ3v) is 3.15. The monoisotopic (exact) mass is 235 g/mol. The molecule has 0 radical (unpaired) electrons. The predicted octanol–water partition coefficient (Wildman–Crippen LogP) is 3.61. The number of hydrogen-bond donors (Lipinski definition) is 1. The number of hydrogen-bond acceptors (Lipinski definition) is 2. The summed E-state index contributed by atoms with van der Waals surface area (Å²) in [6.45, 7) is 0. The topological polar surface area (TPSA) is 43.1 Å². The summed E-state index contributed by atoms with van der Waals surface area (Å²) >= 11 is 6.01. The minimum Gasteiger partial charge on any atom is -0.399 e. The van der Waals surface area contributed by atoms with Crippen LogP contribution in [-0.4, -0.2) is 5.78 Å². The van der Waals surface area contributed by atoms with Crippen LogP contribution in [0.5, 0.6) is 0 Å². The number of rotatable bonds is 2. The summed E-state index contributed by atoms with van der Waals surface area (Å²) in [5, 5.41) is 0.477. The van der Waals surface area contributed by atoms with Gasteiger partial charge in [0.05, 0.1) is 5.02 Å². The molecule has 2 nitrogen and oxygen atoms in total. The summed E-state index contributed by atoms with van der Waals surface area (Å²) in [4.78, 5) is 12.2. The minimum absolute atomic E-state index is 0.0250. The van der Waals surface area contributed by atoms with Crippen LogP contribution in [-0.2, 0) is 0 Å². The zero-order chi connectivity index (χ0) is 11.5. The third kappa shape index (κ3) is 2.27. The molecule has 0 amide bonds. The lowest BCUT2D eigenvalue weighted by atomic mass is 9.93. The maximum atomic E-state index is 12.2. The molecule has 1 aliphatic carbocycles. The molecule has 0 saturated carbocycles. The van der Waals surface area contributed by atoms with Crippen LogP contribution in [0.4, 0.5) is 5.69 Å². The second-order valence-corrected chi connectivity index (χ2v) is 4.45. The molecular weight excluding hydrogens is 222 g/mol. The van der Waals surface area contributed by atoms with Gasteiger partial charge in [-0.1, -0.05) is 17.7 Å². The lowest BCUT2D eigenvalue weighted by Crippen LogP contribution is -2.07.